The summed E-state index contributed by atoms with van der Waals surface area (Å²) in [5, 5.41) is 2.88. The second kappa shape index (κ2) is 9.35. The van der Waals surface area contributed by atoms with E-state index in [4.69, 9.17) is 5.73 Å². The minimum atomic E-state index is 0. The number of hydrogen-bond acceptors (Lipinski definition) is 4. The quantitative estimate of drug-likeness (QED) is 0.817. The SMILES string of the molecule is Cl.NCCNC(=O)C1CCCN(Cc2ccc(Br)cn2)C1. The number of halogens is 2. The molecule has 1 saturated heterocycles. The van der Waals surface area contributed by atoms with E-state index >= 15 is 0 Å². The minimum absolute atomic E-state index is 0. The molecule has 0 aromatic carbocycles. The highest BCUT2D eigenvalue weighted by atomic mass is 79.9. The van der Waals surface area contributed by atoms with Crippen LogP contribution < -0.4 is 11.1 Å². The van der Waals surface area contributed by atoms with E-state index in [0.717, 1.165) is 42.6 Å². The van der Waals surface area contributed by atoms with Crippen molar-refractivity contribution >= 4 is 34.2 Å². The van der Waals surface area contributed by atoms with E-state index in [1.807, 2.05) is 18.3 Å². The lowest BCUT2D eigenvalue weighted by atomic mass is 9.97. The summed E-state index contributed by atoms with van der Waals surface area (Å²) in [4.78, 5) is 18.7. The maximum Gasteiger partial charge on any atom is 0.224 e. The van der Waals surface area contributed by atoms with Crippen LogP contribution in [0.5, 0.6) is 0 Å². The third-order valence-corrected chi connectivity index (χ3v) is 3.96. The van der Waals surface area contributed by atoms with Gasteiger partial charge in [-0.2, -0.15) is 0 Å². The van der Waals surface area contributed by atoms with Gasteiger partial charge < -0.3 is 11.1 Å². The molecule has 0 aliphatic carbocycles. The topological polar surface area (TPSA) is 71.2 Å². The molecule has 3 N–H and O–H groups in total. The molecule has 1 fully saturated rings. The number of pyridine rings is 1. The minimum Gasteiger partial charge on any atom is -0.355 e. The maximum atomic E-state index is 12.0. The average Bonchev–Trinajstić information content (AvgIpc) is 2.47. The summed E-state index contributed by atoms with van der Waals surface area (Å²) in [6, 6.07) is 4.01. The number of nitrogens with one attached hydrogen (secondary N) is 1. The molecule has 5 nitrogen and oxygen atoms in total. The van der Waals surface area contributed by atoms with Crippen molar-refractivity contribution in [3.05, 3.63) is 28.5 Å². The number of hydrogen-bond donors (Lipinski definition) is 2. The fraction of sp³-hybridized carbons (Fsp3) is 0.571. The molecular weight excluding hydrogens is 356 g/mol. The number of nitrogens with zero attached hydrogens (tertiary/aromatic N) is 2. The number of likely N-dealkylation sites (tertiary alicyclic amines) is 1. The molecule has 7 heteroatoms. The molecule has 0 spiro atoms. The van der Waals surface area contributed by atoms with Gasteiger partial charge in [-0.15, -0.1) is 12.4 Å². The van der Waals surface area contributed by atoms with E-state index in [9.17, 15) is 4.79 Å². The van der Waals surface area contributed by atoms with Crippen LogP contribution in [0, 0.1) is 5.92 Å². The third kappa shape index (κ3) is 5.90. The van der Waals surface area contributed by atoms with Crippen molar-refractivity contribution in [1.82, 2.24) is 15.2 Å². The van der Waals surface area contributed by atoms with Crippen LogP contribution in [-0.4, -0.2) is 42.0 Å². The zero-order chi connectivity index (χ0) is 14.4. The highest BCUT2D eigenvalue weighted by Gasteiger charge is 2.25. The number of amides is 1. The number of rotatable bonds is 5. The molecule has 1 unspecified atom stereocenters. The van der Waals surface area contributed by atoms with E-state index < -0.39 is 0 Å². The molecule has 0 saturated carbocycles. The lowest BCUT2D eigenvalue weighted by Crippen LogP contribution is -2.43. The van der Waals surface area contributed by atoms with Gasteiger partial charge >= 0.3 is 0 Å². The Kier molecular flexibility index (Phi) is 8.18. The summed E-state index contributed by atoms with van der Waals surface area (Å²) < 4.78 is 0.985. The van der Waals surface area contributed by atoms with Crippen LogP contribution in [0.25, 0.3) is 0 Å². The van der Waals surface area contributed by atoms with E-state index in [2.05, 4.69) is 31.1 Å². The zero-order valence-electron chi connectivity index (χ0n) is 11.9. The second-order valence-electron chi connectivity index (χ2n) is 5.12. The second-order valence-corrected chi connectivity index (χ2v) is 6.04. The molecular formula is C14H22BrClN4O. The Balaban J connectivity index is 0.00000220. The van der Waals surface area contributed by atoms with Crippen LogP contribution in [0.1, 0.15) is 18.5 Å². The van der Waals surface area contributed by atoms with Crippen molar-refractivity contribution in [3.8, 4) is 0 Å². The molecule has 1 atom stereocenters. The standard InChI is InChI=1S/C14H21BrN4O.ClH/c15-12-3-4-13(18-8-12)10-19-7-1-2-11(9-19)14(20)17-6-5-16;/h3-4,8,11H,1-2,5-7,9-10,16H2,(H,17,20);1H. The fourth-order valence-corrected chi connectivity index (χ4v) is 2.72. The summed E-state index contributed by atoms with van der Waals surface area (Å²) in [6.45, 7) is 3.68. The summed E-state index contributed by atoms with van der Waals surface area (Å²) in [5.41, 5.74) is 6.45. The van der Waals surface area contributed by atoms with Crippen molar-refractivity contribution in [2.45, 2.75) is 19.4 Å². The van der Waals surface area contributed by atoms with E-state index in [1.165, 1.54) is 0 Å². The highest BCUT2D eigenvalue weighted by Crippen LogP contribution is 2.18. The molecule has 1 amide bonds. The Bertz CT molecular complexity index is 443. The van der Waals surface area contributed by atoms with Crippen LogP contribution >= 0.6 is 28.3 Å². The average molecular weight is 378 g/mol. The predicted molar refractivity (Wildman–Crippen MR) is 89.3 cm³/mol. The first-order valence-corrected chi connectivity index (χ1v) is 7.79. The Morgan fingerprint density at radius 2 is 2.33 bits per heavy atom. The maximum absolute atomic E-state index is 12.0. The van der Waals surface area contributed by atoms with Crippen LogP contribution in [0.2, 0.25) is 0 Å². The van der Waals surface area contributed by atoms with Gasteiger partial charge in [0, 0.05) is 36.8 Å². The largest absolute Gasteiger partial charge is 0.355 e. The van der Waals surface area contributed by atoms with Gasteiger partial charge in [-0.25, -0.2) is 0 Å². The van der Waals surface area contributed by atoms with Gasteiger partial charge in [0.05, 0.1) is 11.6 Å². The fourth-order valence-electron chi connectivity index (χ4n) is 2.48. The smallest absolute Gasteiger partial charge is 0.224 e. The third-order valence-electron chi connectivity index (χ3n) is 3.49. The van der Waals surface area contributed by atoms with Crippen LogP contribution in [0.3, 0.4) is 0 Å². The van der Waals surface area contributed by atoms with Crippen LogP contribution in [-0.2, 0) is 11.3 Å². The predicted octanol–water partition coefficient (Wildman–Crippen LogP) is 1.55. The molecule has 118 valence electrons. The Hall–Kier alpha value is -0.690. The number of aromatic nitrogens is 1. The molecule has 0 bridgehead atoms. The van der Waals surface area contributed by atoms with E-state index in [-0.39, 0.29) is 24.2 Å². The van der Waals surface area contributed by atoms with Crippen LogP contribution in [0.15, 0.2) is 22.8 Å². The first-order valence-electron chi connectivity index (χ1n) is 6.99. The van der Waals surface area contributed by atoms with E-state index in [1.54, 1.807) is 0 Å². The first kappa shape index (κ1) is 18.4. The molecule has 1 aromatic rings. The van der Waals surface area contributed by atoms with Gasteiger partial charge in [-0.3, -0.25) is 14.7 Å². The zero-order valence-corrected chi connectivity index (χ0v) is 14.3. The number of carbonyl (C=O) groups is 1. The molecule has 21 heavy (non-hydrogen) atoms. The van der Waals surface area contributed by atoms with Gasteiger partial charge in [0.25, 0.3) is 0 Å². The van der Waals surface area contributed by atoms with Crippen molar-refractivity contribution < 1.29 is 4.79 Å². The van der Waals surface area contributed by atoms with Crippen molar-refractivity contribution in [3.63, 3.8) is 0 Å². The van der Waals surface area contributed by atoms with Crippen molar-refractivity contribution in [2.24, 2.45) is 11.7 Å². The molecule has 0 radical (unpaired) electrons. The number of carbonyl (C=O) groups excluding carboxylic acids is 1. The highest BCUT2D eigenvalue weighted by molar-refractivity contribution is 9.10. The van der Waals surface area contributed by atoms with Gasteiger partial charge in [-0.05, 0) is 47.4 Å². The van der Waals surface area contributed by atoms with Gasteiger partial charge in [0.2, 0.25) is 5.91 Å². The Morgan fingerprint density at radius 3 is 3.00 bits per heavy atom. The summed E-state index contributed by atoms with van der Waals surface area (Å²) >= 11 is 3.38. The molecule has 1 aliphatic rings. The Labute approximate surface area is 140 Å². The number of nitrogens with two attached hydrogens (primary N) is 1. The Morgan fingerprint density at radius 1 is 1.52 bits per heavy atom. The molecule has 2 heterocycles. The number of piperidine rings is 1. The van der Waals surface area contributed by atoms with Gasteiger partial charge in [0.15, 0.2) is 0 Å². The van der Waals surface area contributed by atoms with Crippen molar-refractivity contribution in [1.29, 1.82) is 0 Å². The molecule has 2 rings (SSSR count). The summed E-state index contributed by atoms with van der Waals surface area (Å²) in [7, 11) is 0. The molecule has 1 aromatic heterocycles. The molecule has 1 aliphatic heterocycles. The van der Waals surface area contributed by atoms with E-state index in [0.29, 0.717) is 13.1 Å². The first-order chi connectivity index (χ1) is 9.69. The van der Waals surface area contributed by atoms with Gasteiger partial charge in [0.1, 0.15) is 0 Å². The van der Waals surface area contributed by atoms with Gasteiger partial charge in [-0.1, -0.05) is 0 Å². The van der Waals surface area contributed by atoms with Crippen molar-refractivity contribution in [2.75, 3.05) is 26.2 Å². The van der Waals surface area contributed by atoms with Crippen LogP contribution in [0.4, 0.5) is 0 Å². The summed E-state index contributed by atoms with van der Waals surface area (Å²) in [5.74, 6) is 0.203. The normalized spacial score (nSPS) is 18.9. The summed E-state index contributed by atoms with van der Waals surface area (Å²) in [6.07, 6.45) is 3.82. The lowest BCUT2D eigenvalue weighted by Gasteiger charge is -2.31. The monoisotopic (exact) mass is 376 g/mol. The lowest BCUT2D eigenvalue weighted by molar-refractivity contribution is -0.126.